The van der Waals surface area contributed by atoms with Crippen molar-refractivity contribution in [2.45, 2.75) is 12.6 Å². The topological polar surface area (TPSA) is 73.1 Å². The molecule has 19 heavy (non-hydrogen) atoms. The van der Waals surface area contributed by atoms with Crippen LogP contribution in [0.25, 0.3) is 0 Å². The number of pyridine rings is 1. The van der Waals surface area contributed by atoms with Gasteiger partial charge in [0.1, 0.15) is 23.0 Å². The molecule has 11 heteroatoms. The van der Waals surface area contributed by atoms with E-state index in [1.807, 2.05) is 0 Å². The van der Waals surface area contributed by atoms with Gasteiger partial charge < -0.3 is 0 Å². The van der Waals surface area contributed by atoms with Crippen molar-refractivity contribution in [3.63, 3.8) is 0 Å². The van der Waals surface area contributed by atoms with Crippen LogP contribution >= 0.6 is 11.6 Å². The number of nitro groups is 1. The second kappa shape index (κ2) is 5.03. The van der Waals surface area contributed by atoms with Crippen LogP contribution in [0.1, 0.15) is 28.0 Å². The largest absolute Gasteiger partial charge is 0.419 e. The number of hydrogen-bond donors (Lipinski definition) is 0. The van der Waals surface area contributed by atoms with Crippen molar-refractivity contribution in [3.8, 4) is 0 Å². The highest BCUT2D eigenvalue weighted by atomic mass is 35.5. The van der Waals surface area contributed by atoms with E-state index in [4.69, 9.17) is 11.6 Å². The maximum atomic E-state index is 12.7. The Bertz CT molecular complexity index is 546. The molecule has 0 atom stereocenters. The summed E-state index contributed by atoms with van der Waals surface area (Å²) in [6, 6.07) is 0. The van der Waals surface area contributed by atoms with Crippen molar-refractivity contribution < 1.29 is 31.7 Å². The number of nitrogens with zero attached hydrogens (tertiary/aromatic N) is 2. The van der Waals surface area contributed by atoms with Gasteiger partial charge in [-0.15, -0.1) is 0 Å². The van der Waals surface area contributed by atoms with Gasteiger partial charge in [-0.3, -0.25) is 14.9 Å². The molecule has 0 radical (unpaired) electrons. The van der Waals surface area contributed by atoms with Crippen molar-refractivity contribution in [1.29, 1.82) is 0 Å². The quantitative estimate of drug-likeness (QED) is 0.371. The number of alkyl halides is 5. The Kier molecular flexibility index (Phi) is 4.03. The predicted octanol–water partition coefficient (Wildman–Crippen LogP) is 3.33. The second-order valence-corrected chi connectivity index (χ2v) is 3.45. The Labute approximate surface area is 106 Å². The van der Waals surface area contributed by atoms with E-state index in [0.29, 0.717) is 0 Å². The molecule has 0 unspecified atom stereocenters. The van der Waals surface area contributed by atoms with Crippen molar-refractivity contribution in [2.75, 3.05) is 0 Å². The highest BCUT2D eigenvalue weighted by Gasteiger charge is 2.44. The first-order chi connectivity index (χ1) is 8.57. The monoisotopic (exact) mass is 304 g/mol. The molecule has 0 bridgehead atoms. The van der Waals surface area contributed by atoms with Gasteiger partial charge in [0.15, 0.2) is 0 Å². The first-order valence-electron chi connectivity index (χ1n) is 4.29. The lowest BCUT2D eigenvalue weighted by atomic mass is 10.1. The minimum Gasteiger partial charge on any atom is -0.275 e. The molecule has 104 valence electrons. The normalized spacial score (nSPS) is 11.7. The highest BCUT2D eigenvalue weighted by Crippen LogP contribution is 2.41. The lowest BCUT2D eigenvalue weighted by Gasteiger charge is -2.14. The molecule has 1 rings (SSSR count). The van der Waals surface area contributed by atoms with Crippen LogP contribution < -0.4 is 0 Å². The van der Waals surface area contributed by atoms with E-state index < -0.39 is 45.3 Å². The number of rotatable bonds is 3. The Balaban J connectivity index is 3.83. The summed E-state index contributed by atoms with van der Waals surface area (Å²) >= 11 is 4.82. The van der Waals surface area contributed by atoms with Crippen LogP contribution in [0.4, 0.5) is 27.6 Å². The highest BCUT2D eigenvalue weighted by molar-refractivity contribution is 6.68. The maximum Gasteiger partial charge on any atom is 0.419 e. The molecule has 1 heterocycles. The van der Waals surface area contributed by atoms with Crippen molar-refractivity contribution in [2.24, 2.45) is 0 Å². The number of carbonyl (C=O) groups is 1. The molecule has 5 nitrogen and oxygen atoms in total. The van der Waals surface area contributed by atoms with Gasteiger partial charge in [0, 0.05) is 0 Å². The minimum absolute atomic E-state index is 0.131. The van der Waals surface area contributed by atoms with Gasteiger partial charge in [-0.05, 0) is 11.6 Å². The summed E-state index contributed by atoms with van der Waals surface area (Å²) < 4.78 is 62.9. The van der Waals surface area contributed by atoms with E-state index in [1.54, 1.807) is 0 Å². The maximum absolute atomic E-state index is 12.7. The zero-order chi connectivity index (χ0) is 15.0. The molecule has 0 aliphatic rings. The Morgan fingerprint density at radius 2 is 1.95 bits per heavy atom. The Hall–Kier alpha value is -1.84. The number of aromatic nitrogens is 1. The van der Waals surface area contributed by atoms with Gasteiger partial charge in [0.2, 0.25) is 0 Å². The van der Waals surface area contributed by atoms with E-state index in [0.717, 1.165) is 0 Å². The van der Waals surface area contributed by atoms with Gasteiger partial charge in [-0.1, -0.05) is 0 Å². The third-order valence-electron chi connectivity index (χ3n) is 1.97. The summed E-state index contributed by atoms with van der Waals surface area (Å²) in [7, 11) is 0. The molecule has 0 aromatic carbocycles. The third-order valence-corrected chi connectivity index (χ3v) is 2.16. The molecular weight excluding hydrogens is 303 g/mol. The fourth-order valence-electron chi connectivity index (χ4n) is 1.31. The van der Waals surface area contributed by atoms with Gasteiger partial charge in [-0.2, -0.15) is 13.2 Å². The standard InChI is InChI=1S/C8H2ClF5N2O3/c9-6(17)3-2(16(18)19)1-15-5(7(10)11)4(3)8(12,13)14/h1,7H. The van der Waals surface area contributed by atoms with Crippen LogP contribution in [0.15, 0.2) is 6.20 Å². The number of carbonyl (C=O) groups excluding carboxylic acids is 1. The van der Waals surface area contributed by atoms with E-state index >= 15 is 0 Å². The van der Waals surface area contributed by atoms with E-state index in [1.165, 1.54) is 0 Å². The predicted molar refractivity (Wildman–Crippen MR) is 51.0 cm³/mol. The van der Waals surface area contributed by atoms with E-state index in [2.05, 4.69) is 4.98 Å². The average molecular weight is 305 g/mol. The van der Waals surface area contributed by atoms with Crippen LogP contribution in [0.3, 0.4) is 0 Å². The minimum atomic E-state index is -5.44. The van der Waals surface area contributed by atoms with Crippen molar-refractivity contribution >= 4 is 22.5 Å². The summed E-state index contributed by atoms with van der Waals surface area (Å²) in [6.45, 7) is 0. The summed E-state index contributed by atoms with van der Waals surface area (Å²) in [5.41, 5.74) is -7.03. The number of halogens is 6. The van der Waals surface area contributed by atoms with Gasteiger partial charge in [0.05, 0.1) is 4.92 Å². The summed E-state index contributed by atoms with van der Waals surface area (Å²) in [5.74, 6) is 0. The van der Waals surface area contributed by atoms with Crippen LogP contribution in [-0.2, 0) is 6.18 Å². The van der Waals surface area contributed by atoms with Gasteiger partial charge in [-0.25, -0.2) is 13.8 Å². The molecule has 0 N–H and O–H groups in total. The fraction of sp³-hybridized carbons (Fsp3) is 0.250. The zero-order valence-electron chi connectivity index (χ0n) is 8.54. The average Bonchev–Trinajstić information content (AvgIpc) is 2.25. The molecule has 1 aromatic heterocycles. The third kappa shape index (κ3) is 2.95. The second-order valence-electron chi connectivity index (χ2n) is 3.11. The molecule has 0 saturated carbocycles. The van der Waals surface area contributed by atoms with Crippen LogP contribution in [0, 0.1) is 10.1 Å². The van der Waals surface area contributed by atoms with Crippen LogP contribution in [-0.4, -0.2) is 15.1 Å². The molecular formula is C8H2ClF5N2O3. The lowest BCUT2D eigenvalue weighted by molar-refractivity contribution is -0.385. The lowest BCUT2D eigenvalue weighted by Crippen LogP contribution is -2.18. The molecule has 0 aliphatic carbocycles. The van der Waals surface area contributed by atoms with Crippen molar-refractivity contribution in [3.05, 3.63) is 33.1 Å². The van der Waals surface area contributed by atoms with Crippen LogP contribution in [0.5, 0.6) is 0 Å². The van der Waals surface area contributed by atoms with Gasteiger partial charge in [0.25, 0.3) is 17.4 Å². The Morgan fingerprint density at radius 3 is 2.26 bits per heavy atom. The summed E-state index contributed by atoms with van der Waals surface area (Å²) in [4.78, 5) is 22.7. The first-order valence-corrected chi connectivity index (χ1v) is 4.67. The first kappa shape index (κ1) is 15.2. The summed E-state index contributed by atoms with van der Waals surface area (Å²) in [5, 5.41) is 8.61. The molecule has 1 aromatic rings. The molecule has 0 saturated heterocycles. The SMILES string of the molecule is O=C(Cl)c1c([N+](=O)[O-])cnc(C(F)F)c1C(F)(F)F. The zero-order valence-corrected chi connectivity index (χ0v) is 9.30. The summed E-state index contributed by atoms with van der Waals surface area (Å²) in [6.07, 6.45) is -8.98. The molecule has 0 fully saturated rings. The fourth-order valence-corrected chi connectivity index (χ4v) is 1.50. The van der Waals surface area contributed by atoms with Crippen molar-refractivity contribution in [1.82, 2.24) is 4.98 Å². The van der Waals surface area contributed by atoms with Crippen LogP contribution in [0.2, 0.25) is 0 Å². The smallest absolute Gasteiger partial charge is 0.275 e. The Morgan fingerprint density at radius 1 is 1.42 bits per heavy atom. The number of hydrogen-bond acceptors (Lipinski definition) is 4. The molecule has 0 spiro atoms. The van der Waals surface area contributed by atoms with E-state index in [-0.39, 0.29) is 6.20 Å². The van der Waals surface area contributed by atoms with E-state index in [9.17, 15) is 36.9 Å². The molecule has 0 amide bonds. The molecule has 0 aliphatic heterocycles. The van der Waals surface area contributed by atoms with Gasteiger partial charge >= 0.3 is 6.18 Å².